The topological polar surface area (TPSA) is 29.5 Å². The molecule has 0 saturated heterocycles. The van der Waals surface area contributed by atoms with Crippen molar-refractivity contribution in [3.8, 4) is 17.6 Å². The number of benzene rings is 1. The second kappa shape index (κ2) is 7.56. The van der Waals surface area contributed by atoms with Crippen LogP contribution in [0.1, 0.15) is 16.2 Å². The molecule has 1 N–H and O–H groups in total. The molecule has 1 aromatic heterocycles. The number of aliphatic hydroxyl groups excluding tert-OH is 1. The molecular weight excluding hydrogens is 315 g/mol. The molecule has 5 heteroatoms. The molecular formula is C15H12Cl2O2S. The lowest BCUT2D eigenvalue weighted by molar-refractivity contribution is 0.305. The zero-order valence-electron chi connectivity index (χ0n) is 10.5. The highest BCUT2D eigenvalue weighted by Crippen LogP contribution is 2.25. The summed E-state index contributed by atoms with van der Waals surface area (Å²) in [7, 11) is 0. The minimum Gasteiger partial charge on any atom is -0.488 e. The standard InChI is InChI=1S/C15H12Cl2O2S/c16-11-7-12(17)9-13(8-11)19-10-15-5-4-14(20-15)3-1-2-6-18/h4-5,7-9,18H,2,6,10H2. The summed E-state index contributed by atoms with van der Waals surface area (Å²) < 4.78 is 5.65. The van der Waals surface area contributed by atoms with E-state index in [0.717, 1.165) is 9.75 Å². The zero-order chi connectivity index (χ0) is 14.4. The average Bonchev–Trinajstić information content (AvgIpc) is 2.84. The van der Waals surface area contributed by atoms with Crippen molar-refractivity contribution in [2.75, 3.05) is 6.61 Å². The smallest absolute Gasteiger partial charge is 0.122 e. The Morgan fingerprint density at radius 3 is 2.60 bits per heavy atom. The van der Waals surface area contributed by atoms with Gasteiger partial charge in [0.05, 0.1) is 11.5 Å². The van der Waals surface area contributed by atoms with Crippen LogP contribution in [-0.2, 0) is 6.61 Å². The zero-order valence-corrected chi connectivity index (χ0v) is 12.9. The Hall–Kier alpha value is -1.18. The van der Waals surface area contributed by atoms with E-state index in [-0.39, 0.29) is 6.61 Å². The van der Waals surface area contributed by atoms with E-state index in [9.17, 15) is 0 Å². The van der Waals surface area contributed by atoms with Crippen molar-refractivity contribution in [2.45, 2.75) is 13.0 Å². The minimum atomic E-state index is 0.0872. The molecule has 0 aliphatic heterocycles. The van der Waals surface area contributed by atoms with Gasteiger partial charge in [0.2, 0.25) is 0 Å². The predicted molar refractivity (Wildman–Crippen MR) is 83.7 cm³/mol. The van der Waals surface area contributed by atoms with E-state index in [1.54, 1.807) is 29.5 Å². The van der Waals surface area contributed by atoms with Crippen LogP contribution in [0.3, 0.4) is 0 Å². The monoisotopic (exact) mass is 326 g/mol. The summed E-state index contributed by atoms with van der Waals surface area (Å²) in [4.78, 5) is 2.02. The fourth-order valence-corrected chi connectivity index (χ4v) is 2.80. The molecule has 2 nitrogen and oxygen atoms in total. The fourth-order valence-electron chi connectivity index (χ4n) is 1.49. The van der Waals surface area contributed by atoms with Gasteiger partial charge in [-0.15, -0.1) is 11.3 Å². The first-order valence-electron chi connectivity index (χ1n) is 5.95. The van der Waals surface area contributed by atoms with Crippen molar-refractivity contribution < 1.29 is 9.84 Å². The van der Waals surface area contributed by atoms with Crippen LogP contribution in [0.2, 0.25) is 10.0 Å². The van der Waals surface area contributed by atoms with E-state index in [1.165, 1.54) is 0 Å². The highest BCUT2D eigenvalue weighted by molar-refractivity contribution is 7.12. The number of hydrogen-bond donors (Lipinski definition) is 1. The molecule has 0 fully saturated rings. The SMILES string of the molecule is OCCC#Cc1ccc(COc2cc(Cl)cc(Cl)c2)s1. The quantitative estimate of drug-likeness (QED) is 0.845. The normalized spacial score (nSPS) is 9.95. The average molecular weight is 327 g/mol. The van der Waals surface area contributed by atoms with Crippen LogP contribution in [0.15, 0.2) is 30.3 Å². The number of halogens is 2. The van der Waals surface area contributed by atoms with Crippen molar-refractivity contribution in [2.24, 2.45) is 0 Å². The summed E-state index contributed by atoms with van der Waals surface area (Å²) in [6.45, 7) is 0.535. The first-order chi connectivity index (χ1) is 9.67. The Kier molecular flexibility index (Phi) is 5.75. The third-order valence-corrected chi connectivity index (χ3v) is 3.74. The van der Waals surface area contributed by atoms with Crippen molar-refractivity contribution in [1.82, 2.24) is 0 Å². The van der Waals surface area contributed by atoms with E-state index >= 15 is 0 Å². The van der Waals surface area contributed by atoms with Crippen molar-refractivity contribution in [3.63, 3.8) is 0 Å². The molecule has 104 valence electrons. The summed E-state index contributed by atoms with van der Waals surface area (Å²) in [5.74, 6) is 6.52. The number of aliphatic hydroxyl groups is 1. The number of rotatable bonds is 4. The van der Waals surface area contributed by atoms with Gasteiger partial charge in [0, 0.05) is 21.3 Å². The maximum Gasteiger partial charge on any atom is 0.122 e. The van der Waals surface area contributed by atoms with E-state index in [1.807, 2.05) is 12.1 Å². The van der Waals surface area contributed by atoms with E-state index < -0.39 is 0 Å². The third kappa shape index (κ3) is 4.73. The van der Waals surface area contributed by atoms with Crippen molar-refractivity contribution >= 4 is 34.5 Å². The number of hydrogen-bond acceptors (Lipinski definition) is 3. The van der Waals surface area contributed by atoms with Crippen LogP contribution in [-0.4, -0.2) is 11.7 Å². The number of ether oxygens (including phenoxy) is 1. The molecule has 0 atom stereocenters. The van der Waals surface area contributed by atoms with Gasteiger partial charge >= 0.3 is 0 Å². The van der Waals surface area contributed by atoms with Crippen LogP contribution in [0.5, 0.6) is 5.75 Å². The largest absolute Gasteiger partial charge is 0.488 e. The molecule has 0 spiro atoms. The van der Waals surface area contributed by atoms with Gasteiger partial charge in [-0.05, 0) is 30.3 Å². The van der Waals surface area contributed by atoms with Gasteiger partial charge in [-0.25, -0.2) is 0 Å². The molecule has 0 unspecified atom stereocenters. The van der Waals surface area contributed by atoms with Gasteiger partial charge in [0.15, 0.2) is 0 Å². The highest BCUT2D eigenvalue weighted by atomic mass is 35.5. The second-order valence-corrected chi connectivity index (χ2v) is 5.98. The van der Waals surface area contributed by atoms with Crippen LogP contribution < -0.4 is 4.74 Å². The molecule has 2 aromatic rings. The Bertz CT molecular complexity index is 621. The molecule has 0 aliphatic rings. The van der Waals surface area contributed by atoms with Gasteiger partial charge in [0.25, 0.3) is 0 Å². The molecule has 0 bridgehead atoms. The van der Waals surface area contributed by atoms with Gasteiger partial charge < -0.3 is 9.84 Å². The minimum absolute atomic E-state index is 0.0872. The van der Waals surface area contributed by atoms with Crippen LogP contribution in [0, 0.1) is 11.8 Å². The molecule has 0 aliphatic carbocycles. The summed E-state index contributed by atoms with van der Waals surface area (Å²) in [6, 6.07) is 9.03. The van der Waals surface area contributed by atoms with Gasteiger partial charge in [-0.1, -0.05) is 35.0 Å². The van der Waals surface area contributed by atoms with Crippen LogP contribution in [0.25, 0.3) is 0 Å². The van der Waals surface area contributed by atoms with Gasteiger partial charge in [-0.3, -0.25) is 0 Å². The summed E-state index contributed by atoms with van der Waals surface area (Å²) in [5, 5.41) is 9.76. The van der Waals surface area contributed by atoms with Gasteiger partial charge in [0.1, 0.15) is 12.4 Å². The Balaban J connectivity index is 1.96. The third-order valence-electron chi connectivity index (χ3n) is 2.33. The maximum atomic E-state index is 8.66. The first-order valence-corrected chi connectivity index (χ1v) is 7.52. The molecule has 0 saturated carbocycles. The predicted octanol–water partition coefficient (Wildman–Crippen LogP) is 4.37. The van der Waals surface area contributed by atoms with E-state index in [2.05, 4.69) is 11.8 Å². The van der Waals surface area contributed by atoms with Crippen molar-refractivity contribution in [3.05, 3.63) is 50.1 Å². The lowest BCUT2D eigenvalue weighted by atomic mass is 10.3. The number of thiophene rings is 1. The van der Waals surface area contributed by atoms with Crippen LogP contribution >= 0.6 is 34.5 Å². The Labute approximate surface area is 131 Å². The lowest BCUT2D eigenvalue weighted by Crippen LogP contribution is -1.92. The van der Waals surface area contributed by atoms with Gasteiger partial charge in [-0.2, -0.15) is 0 Å². The first kappa shape index (κ1) is 15.2. The van der Waals surface area contributed by atoms with E-state index in [4.69, 9.17) is 33.0 Å². The molecule has 0 amide bonds. The maximum absolute atomic E-state index is 8.66. The van der Waals surface area contributed by atoms with Crippen LogP contribution in [0.4, 0.5) is 0 Å². The fraction of sp³-hybridized carbons (Fsp3) is 0.200. The van der Waals surface area contributed by atoms with Crippen molar-refractivity contribution in [1.29, 1.82) is 0 Å². The lowest BCUT2D eigenvalue weighted by Gasteiger charge is -2.05. The molecule has 1 aromatic carbocycles. The Morgan fingerprint density at radius 2 is 1.90 bits per heavy atom. The highest BCUT2D eigenvalue weighted by Gasteiger charge is 2.02. The molecule has 1 heterocycles. The summed E-state index contributed by atoms with van der Waals surface area (Å²) in [6.07, 6.45) is 0.491. The van der Waals surface area contributed by atoms with E-state index in [0.29, 0.717) is 28.8 Å². The molecule has 0 radical (unpaired) electrons. The summed E-state index contributed by atoms with van der Waals surface area (Å²) >= 11 is 13.4. The second-order valence-electron chi connectivity index (χ2n) is 3.94. The summed E-state index contributed by atoms with van der Waals surface area (Å²) in [5.41, 5.74) is 0. The molecule has 20 heavy (non-hydrogen) atoms. The Morgan fingerprint density at radius 1 is 1.15 bits per heavy atom. The molecule has 2 rings (SSSR count).